The van der Waals surface area contributed by atoms with Crippen LogP contribution < -0.4 is 19.7 Å². The van der Waals surface area contributed by atoms with Crippen LogP contribution in [0.15, 0.2) is 133 Å². The average molecular weight is 1010 g/mol. The van der Waals surface area contributed by atoms with Crippen molar-refractivity contribution in [3.63, 3.8) is 0 Å². The summed E-state index contributed by atoms with van der Waals surface area (Å²) < 4.78 is 13.7. The summed E-state index contributed by atoms with van der Waals surface area (Å²) >= 11 is 0. The van der Waals surface area contributed by atoms with Crippen LogP contribution in [0.1, 0.15) is 118 Å². The number of nitrogens with zero attached hydrogens (tertiary/aromatic N) is 5. The maximum Gasteiger partial charge on any atom is 0.330 e. The molecule has 75 heavy (non-hydrogen) atoms. The van der Waals surface area contributed by atoms with E-state index in [2.05, 4.69) is 185 Å². The zero-order chi connectivity index (χ0) is 53.3. The fourth-order valence-electron chi connectivity index (χ4n) is 14.3. The first kappa shape index (κ1) is 53.4. The van der Waals surface area contributed by atoms with Gasteiger partial charge >= 0.3 is 5.97 Å². The van der Waals surface area contributed by atoms with E-state index < -0.39 is 28.4 Å². The number of carbonyl (C=O) groups is 2. The first-order valence-electron chi connectivity index (χ1n) is 27.3. The van der Waals surface area contributed by atoms with Crippen molar-refractivity contribution in [3.8, 4) is 28.4 Å². The maximum atomic E-state index is 15.0. The molecule has 5 aromatic carbocycles. The number of ether oxygens (including phenoxy) is 2. The molecule has 4 saturated carbocycles. The molecule has 3 atom stereocenters. The van der Waals surface area contributed by atoms with Gasteiger partial charge in [-0.3, -0.25) is 9.69 Å². The van der Waals surface area contributed by atoms with E-state index in [0.29, 0.717) is 34.6 Å². The van der Waals surface area contributed by atoms with E-state index in [0.717, 1.165) is 88.1 Å². The topological polar surface area (TPSA) is 112 Å². The number of carboxylic acid groups (broad SMARTS) is 1. The van der Waals surface area contributed by atoms with Gasteiger partial charge in [0.25, 0.3) is 5.91 Å². The van der Waals surface area contributed by atoms with Gasteiger partial charge in [0.05, 0.1) is 36.7 Å². The van der Waals surface area contributed by atoms with Gasteiger partial charge < -0.3 is 29.7 Å². The number of aromatic nitrogens is 2. The van der Waals surface area contributed by atoms with Gasteiger partial charge in [0.1, 0.15) is 17.0 Å². The summed E-state index contributed by atoms with van der Waals surface area (Å²) in [5.41, 5.74) is 5.28. The highest BCUT2D eigenvalue weighted by atomic mass is 16.5. The first-order valence-corrected chi connectivity index (χ1v) is 27.3. The molecule has 1 aromatic heterocycles. The molecule has 0 radical (unpaired) electrons. The van der Waals surface area contributed by atoms with Crippen molar-refractivity contribution >= 4 is 17.6 Å². The fourth-order valence-corrected chi connectivity index (χ4v) is 14.3. The lowest BCUT2D eigenvalue weighted by atomic mass is 9.36. The van der Waals surface area contributed by atoms with Crippen LogP contribution in [0.3, 0.4) is 0 Å². The Labute approximate surface area is 446 Å². The highest BCUT2D eigenvalue weighted by Gasteiger charge is 2.73. The van der Waals surface area contributed by atoms with Crippen molar-refractivity contribution < 1.29 is 24.2 Å². The molecule has 0 saturated heterocycles. The predicted molar refractivity (Wildman–Crippen MR) is 301 cm³/mol. The summed E-state index contributed by atoms with van der Waals surface area (Å²) in [6.45, 7) is 14.5. The molecule has 0 aliphatic heterocycles. The molecule has 11 nitrogen and oxygen atoms in total. The summed E-state index contributed by atoms with van der Waals surface area (Å²) in [6.07, 6.45) is 6.36. The molecule has 2 N–H and O–H groups in total. The van der Waals surface area contributed by atoms with Gasteiger partial charge in [-0.05, 0) is 160 Å². The van der Waals surface area contributed by atoms with Crippen molar-refractivity contribution in [1.29, 1.82) is 0 Å². The van der Waals surface area contributed by atoms with Gasteiger partial charge in [-0.25, -0.2) is 9.48 Å². The second-order valence-corrected chi connectivity index (χ2v) is 23.4. The van der Waals surface area contributed by atoms with Gasteiger partial charge in [0, 0.05) is 31.2 Å². The second kappa shape index (κ2) is 21.7. The third-order valence-electron chi connectivity index (χ3n) is 17.8. The molecule has 0 spiro atoms. The van der Waals surface area contributed by atoms with Crippen LogP contribution in [0, 0.1) is 28.6 Å². The number of benzene rings is 5. The van der Waals surface area contributed by atoms with E-state index in [1.807, 2.05) is 22.9 Å². The quantitative estimate of drug-likeness (QED) is 0.0681. The largest absolute Gasteiger partial charge is 0.496 e. The molecule has 396 valence electrons. The number of anilines is 1. The lowest BCUT2D eigenvalue weighted by molar-refractivity contribution is -0.206. The molecular weight excluding hydrogens is 933 g/mol. The van der Waals surface area contributed by atoms with Crippen molar-refractivity contribution in [2.24, 2.45) is 28.6 Å². The van der Waals surface area contributed by atoms with Crippen LogP contribution in [0.25, 0.3) is 16.9 Å². The molecule has 1 amide bonds. The van der Waals surface area contributed by atoms with Crippen molar-refractivity contribution in [2.45, 2.75) is 96.6 Å². The smallest absolute Gasteiger partial charge is 0.330 e. The third-order valence-corrected chi connectivity index (χ3v) is 17.8. The second-order valence-electron chi connectivity index (χ2n) is 23.4. The zero-order valence-corrected chi connectivity index (χ0v) is 46.1. The van der Waals surface area contributed by atoms with Crippen molar-refractivity contribution in [2.75, 3.05) is 66.4 Å². The van der Waals surface area contributed by atoms with Crippen LogP contribution in [0.5, 0.6) is 11.5 Å². The molecule has 4 fully saturated rings. The number of nitrogens with one attached hydrogen (secondary N) is 1. The van der Waals surface area contributed by atoms with Gasteiger partial charge in [-0.1, -0.05) is 132 Å². The van der Waals surface area contributed by atoms with E-state index in [4.69, 9.17) is 14.6 Å². The molecule has 4 aliphatic carbocycles. The van der Waals surface area contributed by atoms with Gasteiger partial charge in [-0.15, -0.1) is 0 Å². The minimum atomic E-state index is -1.43. The monoisotopic (exact) mass is 1010 g/mol. The number of carboxylic acids is 1. The van der Waals surface area contributed by atoms with Crippen LogP contribution in [-0.2, 0) is 10.3 Å². The van der Waals surface area contributed by atoms with Crippen molar-refractivity contribution in [1.82, 2.24) is 24.9 Å². The summed E-state index contributed by atoms with van der Waals surface area (Å²) in [4.78, 5) is 36.3. The summed E-state index contributed by atoms with van der Waals surface area (Å²) in [6, 6.07) is 46.5. The van der Waals surface area contributed by atoms with Gasteiger partial charge in [0.2, 0.25) is 0 Å². The Kier molecular flexibility index (Phi) is 15.4. The third kappa shape index (κ3) is 9.64. The molecule has 11 heteroatoms. The summed E-state index contributed by atoms with van der Waals surface area (Å²) in [5.74, 6) is 0.593. The van der Waals surface area contributed by atoms with E-state index in [1.165, 1.54) is 16.7 Å². The van der Waals surface area contributed by atoms with Gasteiger partial charge in [-0.2, -0.15) is 5.10 Å². The molecular formula is C64H80N6O5. The highest BCUT2D eigenvalue weighted by Crippen LogP contribution is 2.70. The predicted octanol–water partition coefficient (Wildman–Crippen LogP) is 12.2. The number of carbonyl (C=O) groups excluding carboxylic acids is 1. The zero-order valence-electron chi connectivity index (χ0n) is 46.1. The number of hydrogen-bond donors (Lipinski definition) is 2. The van der Waals surface area contributed by atoms with Crippen LogP contribution in [0.4, 0.5) is 5.69 Å². The van der Waals surface area contributed by atoms with E-state index in [9.17, 15) is 9.90 Å². The normalized spacial score (nSPS) is 21.2. The molecule has 1 heterocycles. The Hall–Kier alpha value is -6.43. The van der Waals surface area contributed by atoms with E-state index in [1.54, 1.807) is 20.3 Å². The van der Waals surface area contributed by atoms with E-state index >= 15 is 4.79 Å². The Balaban J connectivity index is 0.939. The molecule has 4 bridgehead atoms. The SMILES string of the molecule is COc1cccc(OC)c1-c1cc(C(=O)NC2(C(=O)O)C3CC4CC(C3)CC2(C(C)(C)C)C4)nn1-c1ccc(N(C)CCCN(C)CCCN(C)C(c2ccccc2)(c2ccccc2)c2ccccc2)cc1C(C)C. The Morgan fingerprint density at radius 3 is 1.75 bits per heavy atom. The van der Waals surface area contributed by atoms with Crippen LogP contribution >= 0.6 is 0 Å². The number of hydrogen-bond acceptors (Lipinski definition) is 8. The minimum Gasteiger partial charge on any atom is -0.496 e. The average Bonchev–Trinajstić information content (AvgIpc) is 3.86. The first-order chi connectivity index (χ1) is 36.0. The van der Waals surface area contributed by atoms with E-state index in [-0.39, 0.29) is 22.9 Å². The lowest BCUT2D eigenvalue weighted by Gasteiger charge is -2.69. The molecule has 4 aliphatic rings. The molecule has 10 rings (SSSR count). The molecule has 6 aromatic rings. The Morgan fingerprint density at radius 2 is 1.25 bits per heavy atom. The number of aliphatic carboxylic acids is 1. The maximum absolute atomic E-state index is 15.0. The fraction of sp³-hybridized carbons (Fsp3) is 0.453. The number of amides is 1. The Morgan fingerprint density at radius 1 is 0.720 bits per heavy atom. The van der Waals surface area contributed by atoms with Crippen molar-refractivity contribution in [3.05, 3.63) is 161 Å². The Bertz CT molecular complexity index is 2800. The summed E-state index contributed by atoms with van der Waals surface area (Å²) in [7, 11) is 9.89. The summed E-state index contributed by atoms with van der Waals surface area (Å²) in [5, 5.41) is 19.8. The standard InChI is InChI=1S/C64H80N6O5/c1-44(2)52-40-51(68(7)35-21-33-67(6)34-22-36-69(8)63(47-23-14-11-15-24-47,48-25-16-12-17-26-48)49-27-18-13-19-28-49)31-32-54(52)70-55(58-56(74-9)29-20-30-57(58)75-10)41-53(66-70)59(71)65-64(60(72)73)50-38-45-37-46(39-50)43-62(64,42-45)61(3,4)5/h11-20,23-32,40-41,44-46,50H,21-22,33-39,42-43H2,1-10H3,(H,65,71)(H,72,73). The van der Waals surface area contributed by atoms with Gasteiger partial charge in [0.15, 0.2) is 5.69 Å². The highest BCUT2D eigenvalue weighted by molar-refractivity contribution is 5.98. The number of methoxy groups -OCH3 is 2. The minimum absolute atomic E-state index is 0.0888. The van der Waals surface area contributed by atoms with Crippen LogP contribution in [-0.4, -0.2) is 104 Å². The van der Waals surface area contributed by atoms with Crippen LogP contribution in [0.2, 0.25) is 0 Å². The number of rotatable bonds is 21. The lowest BCUT2D eigenvalue weighted by Crippen LogP contribution is -2.78. The molecule has 3 unspecified atom stereocenters.